The molecule has 5 atom stereocenters. The van der Waals surface area contributed by atoms with E-state index in [2.05, 4.69) is 15.6 Å². The second-order valence-corrected chi connectivity index (χ2v) is 11.8. The Hall–Kier alpha value is -3.76. The largest absolute Gasteiger partial charge is 0.479 e. The summed E-state index contributed by atoms with van der Waals surface area (Å²) < 4.78 is 66.3. The lowest BCUT2D eigenvalue weighted by atomic mass is 9.87. The Morgan fingerprint density at radius 2 is 1.83 bits per heavy atom. The smallest absolute Gasteiger partial charge is 0.338 e. The van der Waals surface area contributed by atoms with Crippen LogP contribution in [0.5, 0.6) is 0 Å². The maximum Gasteiger partial charge on any atom is 0.338 e. The van der Waals surface area contributed by atoms with E-state index in [1.807, 2.05) is 19.1 Å². The monoisotopic (exact) mass is 668 g/mol. The van der Waals surface area contributed by atoms with Crippen molar-refractivity contribution in [2.75, 3.05) is 38.2 Å². The minimum Gasteiger partial charge on any atom is -0.479 e. The highest BCUT2D eigenvalue weighted by molar-refractivity contribution is 5.85. The quantitative estimate of drug-likeness (QED) is 0.0685. The Morgan fingerprint density at radius 3 is 2.47 bits per heavy atom. The molecule has 11 nitrogen and oxygen atoms in total. The number of carboxylic acids is 1. The number of aliphatic hydroxyl groups is 3. The number of aliphatic carboxylic acids is 1. The van der Waals surface area contributed by atoms with Crippen LogP contribution in [0.3, 0.4) is 0 Å². The lowest BCUT2D eigenvalue weighted by molar-refractivity contribution is -0.170. The van der Waals surface area contributed by atoms with Crippen LogP contribution in [-0.2, 0) is 20.7 Å². The zero-order chi connectivity index (χ0) is 34.5. The Bertz CT molecular complexity index is 1530. The first-order valence-corrected chi connectivity index (χ1v) is 15.3. The summed E-state index contributed by atoms with van der Waals surface area (Å²) in [5, 5.41) is 44.2. The number of alkyl halides is 2. The number of fused-ring (bicyclic) bond motifs is 3. The fourth-order valence-electron chi connectivity index (χ4n) is 5.81. The number of rotatable bonds is 16. The number of H-pyrrole nitrogens is 1. The van der Waals surface area contributed by atoms with Crippen molar-refractivity contribution in [1.29, 1.82) is 0 Å². The zero-order valence-electron chi connectivity index (χ0n) is 26.0. The standard InChI is InChI=1S/C32H40F4N4O7/c1-3-4-9-37-13-19(14-47-31(46)29(43)28(42)30(44)45)38-18-11-22(33)25(23(34)12-18)27-26-21(20-7-5-6-8-24(20)39-26)10-17(2)40(27)15-32(35,36)16-41/h5-8,11-12,17,19,27-29,37-39,41-43H,3-4,9-10,13-16H2,1-2H3,(H,44,45)/t17-,19-,27?,28-,29-/m1/s1. The van der Waals surface area contributed by atoms with E-state index >= 15 is 8.78 Å². The predicted molar refractivity (Wildman–Crippen MR) is 164 cm³/mol. The molecule has 1 unspecified atom stereocenters. The van der Waals surface area contributed by atoms with Crippen LogP contribution in [0.4, 0.5) is 23.2 Å². The molecule has 1 aromatic heterocycles. The normalized spacial score (nSPS) is 18.8. The number of nitrogens with zero attached hydrogens (tertiary/aromatic N) is 1. The van der Waals surface area contributed by atoms with Gasteiger partial charge in [-0.15, -0.1) is 0 Å². The van der Waals surface area contributed by atoms with Crippen LogP contribution < -0.4 is 10.6 Å². The van der Waals surface area contributed by atoms with Gasteiger partial charge in [-0.2, -0.15) is 0 Å². The number of halogens is 4. The first-order chi connectivity index (χ1) is 22.3. The number of unbranched alkanes of at least 4 members (excludes halogenated alkanes) is 1. The van der Waals surface area contributed by atoms with Crippen molar-refractivity contribution < 1.29 is 52.3 Å². The summed E-state index contributed by atoms with van der Waals surface area (Å²) in [5.41, 5.74) is 1.25. The van der Waals surface area contributed by atoms with E-state index in [0.29, 0.717) is 24.2 Å². The van der Waals surface area contributed by atoms with E-state index in [4.69, 9.17) is 9.84 Å². The van der Waals surface area contributed by atoms with E-state index in [1.165, 1.54) is 4.90 Å². The molecule has 4 rings (SSSR count). The van der Waals surface area contributed by atoms with Crippen LogP contribution in [0.1, 0.15) is 49.6 Å². The number of hydrogen-bond donors (Lipinski definition) is 7. The van der Waals surface area contributed by atoms with Gasteiger partial charge in [-0.05, 0) is 50.1 Å². The van der Waals surface area contributed by atoms with E-state index in [9.17, 15) is 33.7 Å². The maximum absolute atomic E-state index is 16.1. The molecule has 0 saturated carbocycles. The van der Waals surface area contributed by atoms with Crippen molar-refractivity contribution in [3.05, 3.63) is 64.9 Å². The number of hydrogen-bond acceptors (Lipinski definition) is 9. The molecule has 0 spiro atoms. The zero-order valence-corrected chi connectivity index (χ0v) is 26.0. The third-order valence-electron chi connectivity index (χ3n) is 8.20. The number of esters is 1. The van der Waals surface area contributed by atoms with Gasteiger partial charge in [0.15, 0.2) is 12.2 Å². The molecule has 0 bridgehead atoms. The van der Waals surface area contributed by atoms with Crippen molar-refractivity contribution in [2.24, 2.45) is 0 Å². The second-order valence-electron chi connectivity index (χ2n) is 11.8. The highest BCUT2D eigenvalue weighted by Gasteiger charge is 2.43. The average Bonchev–Trinajstić information content (AvgIpc) is 3.39. The lowest BCUT2D eigenvalue weighted by Crippen LogP contribution is -2.49. The fraction of sp³-hybridized carbons (Fsp3) is 0.500. The van der Waals surface area contributed by atoms with Gasteiger partial charge in [0.05, 0.1) is 18.6 Å². The third-order valence-corrected chi connectivity index (χ3v) is 8.20. The second kappa shape index (κ2) is 15.4. The van der Waals surface area contributed by atoms with Crippen LogP contribution in [0.15, 0.2) is 36.4 Å². The first-order valence-electron chi connectivity index (χ1n) is 15.3. The number of para-hydroxylation sites is 1. The first kappa shape index (κ1) is 36.1. The minimum atomic E-state index is -3.55. The van der Waals surface area contributed by atoms with Crippen molar-refractivity contribution in [3.8, 4) is 0 Å². The number of carbonyl (C=O) groups excluding carboxylic acids is 1. The number of aliphatic hydroxyl groups excluding tert-OH is 3. The van der Waals surface area contributed by atoms with E-state index in [0.717, 1.165) is 35.9 Å². The molecule has 47 heavy (non-hydrogen) atoms. The van der Waals surface area contributed by atoms with Crippen LogP contribution in [0, 0.1) is 11.6 Å². The lowest BCUT2D eigenvalue weighted by Gasteiger charge is -2.42. The highest BCUT2D eigenvalue weighted by Crippen LogP contribution is 2.43. The van der Waals surface area contributed by atoms with Crippen molar-refractivity contribution >= 4 is 28.5 Å². The molecule has 2 heterocycles. The van der Waals surface area contributed by atoms with E-state index in [1.54, 1.807) is 19.1 Å². The van der Waals surface area contributed by atoms with Gasteiger partial charge in [-0.3, -0.25) is 4.90 Å². The third kappa shape index (κ3) is 8.40. The Morgan fingerprint density at radius 1 is 1.15 bits per heavy atom. The Balaban J connectivity index is 1.66. The van der Waals surface area contributed by atoms with Gasteiger partial charge >= 0.3 is 11.9 Å². The number of nitrogens with one attached hydrogen (secondary N) is 3. The SMILES string of the molecule is CCCCNC[C@H](COC(=O)[C@H](O)[C@@H](O)C(=O)O)Nc1cc(F)c(C2c3[nH]c4ccccc4c3C[C@@H](C)N2CC(F)(F)CO)c(F)c1. The summed E-state index contributed by atoms with van der Waals surface area (Å²) in [5.74, 6) is -8.87. The summed E-state index contributed by atoms with van der Waals surface area (Å²) in [6.07, 6.45) is -2.77. The Labute approximate surface area is 268 Å². The number of ether oxygens (including phenoxy) is 1. The average molecular weight is 669 g/mol. The number of aromatic amines is 1. The van der Waals surface area contributed by atoms with Gasteiger partial charge in [0, 0.05) is 40.4 Å². The fourth-order valence-corrected chi connectivity index (χ4v) is 5.81. The van der Waals surface area contributed by atoms with Gasteiger partial charge in [0.25, 0.3) is 5.92 Å². The molecule has 3 aromatic rings. The molecular weight excluding hydrogens is 628 g/mol. The number of carbonyl (C=O) groups is 2. The summed E-state index contributed by atoms with van der Waals surface area (Å²) in [4.78, 5) is 27.5. The molecule has 1 aliphatic heterocycles. The minimum absolute atomic E-state index is 0.0684. The number of anilines is 1. The molecule has 0 amide bonds. The molecule has 1 aliphatic rings. The van der Waals surface area contributed by atoms with Gasteiger partial charge < -0.3 is 40.8 Å². The van der Waals surface area contributed by atoms with Gasteiger partial charge in [-0.25, -0.2) is 27.2 Å². The maximum atomic E-state index is 16.1. The van der Waals surface area contributed by atoms with Crippen LogP contribution in [0.25, 0.3) is 10.9 Å². The Kier molecular flexibility index (Phi) is 11.8. The number of carboxylic acid groups (broad SMARTS) is 1. The summed E-state index contributed by atoms with van der Waals surface area (Å²) in [6.45, 7) is 1.46. The predicted octanol–water partition coefficient (Wildman–Crippen LogP) is 2.93. The molecular formula is C32H40F4N4O7. The number of benzene rings is 2. The van der Waals surface area contributed by atoms with Crippen LogP contribution in [-0.4, -0.2) is 105 Å². The van der Waals surface area contributed by atoms with Gasteiger partial charge in [-0.1, -0.05) is 31.5 Å². The molecule has 258 valence electrons. The summed E-state index contributed by atoms with van der Waals surface area (Å²) in [7, 11) is 0. The van der Waals surface area contributed by atoms with Crippen LogP contribution >= 0.6 is 0 Å². The molecule has 15 heteroatoms. The van der Waals surface area contributed by atoms with Gasteiger partial charge in [0.1, 0.15) is 24.8 Å². The molecule has 0 aliphatic carbocycles. The van der Waals surface area contributed by atoms with Crippen LogP contribution in [0.2, 0.25) is 0 Å². The van der Waals surface area contributed by atoms with Gasteiger partial charge in [0.2, 0.25) is 0 Å². The van der Waals surface area contributed by atoms with Crippen molar-refractivity contribution in [3.63, 3.8) is 0 Å². The molecule has 0 fully saturated rings. The molecule has 7 N–H and O–H groups in total. The summed E-state index contributed by atoms with van der Waals surface area (Å²) >= 11 is 0. The molecule has 2 aromatic carbocycles. The number of aromatic nitrogens is 1. The van der Waals surface area contributed by atoms with Crippen molar-refractivity contribution in [1.82, 2.24) is 15.2 Å². The van der Waals surface area contributed by atoms with Crippen molar-refractivity contribution in [2.45, 2.75) is 69.4 Å². The molecule has 0 radical (unpaired) electrons. The van der Waals surface area contributed by atoms with E-state index < -0.39 is 85.2 Å². The topological polar surface area (TPSA) is 167 Å². The highest BCUT2D eigenvalue weighted by atomic mass is 19.3. The molecule has 0 saturated heterocycles. The van der Waals surface area contributed by atoms with E-state index in [-0.39, 0.29) is 12.2 Å². The summed E-state index contributed by atoms with van der Waals surface area (Å²) in [6, 6.07) is 6.50.